The van der Waals surface area contributed by atoms with Crippen LogP contribution in [0.25, 0.3) is 0 Å². The zero-order valence-electron chi connectivity index (χ0n) is 14.8. The smallest absolute Gasteiger partial charge is 0.309 e. The SMILES string of the molecule is C=C1C[C@@]2(CC#N)CC[C@H]3[C@@](C)(CCC[C@@]3(C)C(=O)O)[C@@H]2C[C@H]1Cl. The molecule has 0 spiro atoms. The molecule has 0 aromatic carbocycles. The molecule has 3 saturated carbocycles. The number of carbonyl (C=O) groups is 1. The van der Waals surface area contributed by atoms with Gasteiger partial charge < -0.3 is 5.11 Å². The molecule has 3 fully saturated rings. The van der Waals surface area contributed by atoms with Crippen LogP contribution in [0, 0.1) is 39.4 Å². The van der Waals surface area contributed by atoms with Crippen molar-refractivity contribution in [2.45, 2.75) is 70.6 Å². The molecular formula is C20H28ClNO2. The van der Waals surface area contributed by atoms with Crippen molar-refractivity contribution >= 4 is 17.6 Å². The minimum absolute atomic E-state index is 0.0459. The predicted molar refractivity (Wildman–Crippen MR) is 94.6 cm³/mol. The zero-order chi connectivity index (χ0) is 17.8. The molecule has 3 aliphatic carbocycles. The van der Waals surface area contributed by atoms with E-state index in [2.05, 4.69) is 19.6 Å². The molecule has 0 unspecified atom stereocenters. The lowest BCUT2D eigenvalue weighted by Gasteiger charge is -2.64. The minimum atomic E-state index is -0.658. The Morgan fingerprint density at radius 1 is 1.38 bits per heavy atom. The van der Waals surface area contributed by atoms with Crippen molar-refractivity contribution < 1.29 is 9.90 Å². The number of nitriles is 1. The van der Waals surface area contributed by atoms with E-state index < -0.39 is 11.4 Å². The van der Waals surface area contributed by atoms with Crippen LogP contribution in [0.3, 0.4) is 0 Å². The van der Waals surface area contributed by atoms with Crippen LogP contribution >= 0.6 is 11.6 Å². The molecule has 132 valence electrons. The monoisotopic (exact) mass is 349 g/mol. The fourth-order valence-corrected chi connectivity index (χ4v) is 6.89. The van der Waals surface area contributed by atoms with Gasteiger partial charge in [-0.15, -0.1) is 11.6 Å². The normalized spacial score (nSPS) is 48.1. The van der Waals surface area contributed by atoms with Gasteiger partial charge in [0.2, 0.25) is 0 Å². The average molecular weight is 350 g/mol. The maximum absolute atomic E-state index is 12.1. The number of allylic oxidation sites excluding steroid dienone is 1. The molecule has 1 N–H and O–H groups in total. The summed E-state index contributed by atoms with van der Waals surface area (Å²) in [6.45, 7) is 8.38. The van der Waals surface area contributed by atoms with E-state index in [9.17, 15) is 15.2 Å². The van der Waals surface area contributed by atoms with E-state index in [1.165, 1.54) is 0 Å². The highest BCUT2D eigenvalue weighted by atomic mass is 35.5. The number of fused-ring (bicyclic) bond motifs is 3. The van der Waals surface area contributed by atoms with Gasteiger partial charge in [0, 0.05) is 6.42 Å². The summed E-state index contributed by atoms with van der Waals surface area (Å²) in [5.74, 6) is -0.174. The summed E-state index contributed by atoms with van der Waals surface area (Å²) in [7, 11) is 0. The van der Waals surface area contributed by atoms with Gasteiger partial charge in [-0.05, 0) is 68.1 Å². The highest BCUT2D eigenvalue weighted by molar-refractivity contribution is 6.22. The molecule has 6 atom stereocenters. The van der Waals surface area contributed by atoms with Crippen molar-refractivity contribution in [3.8, 4) is 6.07 Å². The fourth-order valence-electron chi connectivity index (χ4n) is 6.64. The number of aliphatic carboxylic acids is 1. The van der Waals surface area contributed by atoms with Crippen molar-refractivity contribution in [2.24, 2.45) is 28.1 Å². The molecule has 24 heavy (non-hydrogen) atoms. The molecule has 0 bridgehead atoms. The first kappa shape index (κ1) is 17.8. The molecule has 0 aliphatic heterocycles. The standard InChI is InChI=1S/C20H28ClNO2/c1-13-12-20(9-10-22)8-5-15-18(2,16(20)11-14(13)21)6-4-7-19(15,3)17(23)24/h14-16H,1,4-9,11-12H2,2-3H3,(H,23,24)/t14-,15+,16+,18-,19-,20+/m1/s1. The van der Waals surface area contributed by atoms with Crippen LogP contribution in [0.2, 0.25) is 0 Å². The number of nitrogens with zero attached hydrogens (tertiary/aromatic N) is 1. The van der Waals surface area contributed by atoms with Crippen molar-refractivity contribution in [3.63, 3.8) is 0 Å². The third-order valence-electron chi connectivity index (χ3n) is 7.83. The van der Waals surface area contributed by atoms with Gasteiger partial charge in [0.1, 0.15) is 0 Å². The van der Waals surface area contributed by atoms with Crippen molar-refractivity contribution in [1.82, 2.24) is 0 Å². The van der Waals surface area contributed by atoms with Crippen LogP contribution in [-0.2, 0) is 4.79 Å². The number of halogens is 1. The summed E-state index contributed by atoms with van der Waals surface area (Å²) >= 11 is 6.58. The Labute approximate surface area is 150 Å². The molecule has 0 amide bonds. The second kappa shape index (κ2) is 5.77. The van der Waals surface area contributed by atoms with Crippen molar-refractivity contribution in [2.75, 3.05) is 0 Å². The maximum atomic E-state index is 12.1. The fraction of sp³-hybridized carbons (Fsp3) is 0.800. The lowest BCUT2D eigenvalue weighted by atomic mass is 9.40. The Hall–Kier alpha value is -1.01. The van der Waals surface area contributed by atoms with E-state index in [1.807, 2.05) is 6.92 Å². The average Bonchev–Trinajstić information content (AvgIpc) is 2.49. The van der Waals surface area contributed by atoms with Crippen molar-refractivity contribution in [1.29, 1.82) is 5.26 Å². The third-order valence-corrected chi connectivity index (χ3v) is 8.31. The summed E-state index contributed by atoms with van der Waals surface area (Å²) in [6.07, 6.45) is 6.78. The number of hydrogen-bond donors (Lipinski definition) is 1. The summed E-state index contributed by atoms with van der Waals surface area (Å²) in [6, 6.07) is 2.42. The van der Waals surface area contributed by atoms with E-state index in [1.54, 1.807) is 0 Å². The number of alkyl halides is 1. The van der Waals surface area contributed by atoms with E-state index in [0.717, 1.165) is 50.5 Å². The highest BCUT2D eigenvalue weighted by Crippen LogP contribution is 2.69. The maximum Gasteiger partial charge on any atom is 0.309 e. The van der Waals surface area contributed by atoms with E-state index in [4.69, 9.17) is 11.6 Å². The first-order valence-electron chi connectivity index (χ1n) is 9.12. The topological polar surface area (TPSA) is 61.1 Å². The predicted octanol–water partition coefficient (Wildman–Crippen LogP) is 5.15. The number of hydrogen-bond acceptors (Lipinski definition) is 2. The molecule has 3 rings (SSSR count). The summed E-state index contributed by atoms with van der Waals surface area (Å²) in [5.41, 5.74) is 0.303. The molecule has 0 aromatic rings. The van der Waals surface area contributed by atoms with E-state index >= 15 is 0 Å². The Morgan fingerprint density at radius 3 is 2.71 bits per heavy atom. The van der Waals surface area contributed by atoms with Gasteiger partial charge in [0.15, 0.2) is 0 Å². The lowest BCUT2D eigenvalue weighted by Crippen LogP contribution is -2.59. The van der Waals surface area contributed by atoms with Crippen LogP contribution < -0.4 is 0 Å². The van der Waals surface area contributed by atoms with Crippen LogP contribution in [0.4, 0.5) is 0 Å². The number of carboxylic acid groups (broad SMARTS) is 1. The van der Waals surface area contributed by atoms with Crippen LogP contribution in [-0.4, -0.2) is 16.5 Å². The van der Waals surface area contributed by atoms with Gasteiger partial charge >= 0.3 is 5.97 Å². The molecule has 0 heterocycles. The molecule has 4 heteroatoms. The molecular weight excluding hydrogens is 322 g/mol. The summed E-state index contributed by atoms with van der Waals surface area (Å²) in [4.78, 5) is 12.1. The Bertz CT molecular complexity index is 611. The highest BCUT2D eigenvalue weighted by Gasteiger charge is 2.63. The van der Waals surface area contributed by atoms with Crippen LogP contribution in [0.5, 0.6) is 0 Å². The molecule has 0 aromatic heterocycles. The van der Waals surface area contributed by atoms with Crippen molar-refractivity contribution in [3.05, 3.63) is 12.2 Å². The first-order valence-corrected chi connectivity index (χ1v) is 9.55. The molecule has 0 saturated heterocycles. The largest absolute Gasteiger partial charge is 0.481 e. The zero-order valence-corrected chi connectivity index (χ0v) is 15.5. The molecule has 0 radical (unpaired) electrons. The molecule has 3 aliphatic rings. The van der Waals surface area contributed by atoms with Gasteiger partial charge in [0.25, 0.3) is 0 Å². The minimum Gasteiger partial charge on any atom is -0.481 e. The number of rotatable bonds is 2. The van der Waals surface area contributed by atoms with E-state index in [0.29, 0.717) is 12.3 Å². The number of carboxylic acids is 1. The molecule has 3 nitrogen and oxygen atoms in total. The van der Waals surface area contributed by atoms with Gasteiger partial charge in [-0.2, -0.15) is 5.26 Å². The lowest BCUT2D eigenvalue weighted by molar-refractivity contribution is -0.180. The van der Waals surface area contributed by atoms with Gasteiger partial charge in [-0.3, -0.25) is 4.79 Å². The van der Waals surface area contributed by atoms with Gasteiger partial charge in [-0.1, -0.05) is 25.5 Å². The third kappa shape index (κ3) is 2.33. The Kier molecular flexibility index (Phi) is 4.28. The Morgan fingerprint density at radius 2 is 2.08 bits per heavy atom. The first-order chi connectivity index (χ1) is 11.2. The second-order valence-electron chi connectivity index (χ2n) is 8.96. The van der Waals surface area contributed by atoms with Crippen LogP contribution in [0.15, 0.2) is 12.2 Å². The van der Waals surface area contributed by atoms with Crippen LogP contribution in [0.1, 0.15) is 65.2 Å². The summed E-state index contributed by atoms with van der Waals surface area (Å²) in [5, 5.41) is 19.3. The van der Waals surface area contributed by atoms with E-state index in [-0.39, 0.29) is 22.1 Å². The van der Waals surface area contributed by atoms with Gasteiger partial charge in [0.05, 0.1) is 16.9 Å². The quantitative estimate of drug-likeness (QED) is 0.553. The second-order valence-corrected chi connectivity index (χ2v) is 9.49. The summed E-state index contributed by atoms with van der Waals surface area (Å²) < 4.78 is 0. The Balaban J connectivity index is 2.05. The van der Waals surface area contributed by atoms with Gasteiger partial charge in [-0.25, -0.2) is 0 Å².